The molecule has 0 atom stereocenters. The molecule has 0 bridgehead atoms. The van der Waals surface area contributed by atoms with Crippen molar-refractivity contribution >= 4 is 11.7 Å². The maximum atomic E-state index is 12.5. The van der Waals surface area contributed by atoms with Gasteiger partial charge in [0.25, 0.3) is 0 Å². The number of carbonyl (C=O) groups is 2. The van der Waals surface area contributed by atoms with Gasteiger partial charge in [-0.1, -0.05) is 61.5 Å². The molecular weight excluding hydrogens is 336 g/mol. The van der Waals surface area contributed by atoms with Crippen molar-refractivity contribution in [3.63, 3.8) is 0 Å². The number of amides is 1. The summed E-state index contributed by atoms with van der Waals surface area (Å²) in [7, 11) is 0. The van der Waals surface area contributed by atoms with Crippen molar-refractivity contribution in [3.8, 4) is 0 Å². The molecule has 0 radical (unpaired) electrons. The fourth-order valence-corrected chi connectivity index (χ4v) is 3.45. The highest BCUT2D eigenvalue weighted by atomic mass is 16.2. The van der Waals surface area contributed by atoms with Gasteiger partial charge in [-0.15, -0.1) is 0 Å². The third kappa shape index (κ3) is 5.51. The lowest BCUT2D eigenvalue weighted by Gasteiger charge is -2.34. The zero-order valence-corrected chi connectivity index (χ0v) is 16.1. The van der Waals surface area contributed by atoms with Crippen LogP contribution in [0.4, 0.5) is 0 Å². The molecule has 3 rings (SSSR count). The summed E-state index contributed by atoms with van der Waals surface area (Å²) in [4.78, 5) is 29.0. The SMILES string of the molecule is CCc1ccc(C(=O)CCC(=O)N2CCN(Cc3ccccc3)CC2)cc1. The second kappa shape index (κ2) is 9.47. The first-order valence-electron chi connectivity index (χ1n) is 9.82. The monoisotopic (exact) mass is 364 g/mol. The van der Waals surface area contributed by atoms with Gasteiger partial charge in [-0.2, -0.15) is 0 Å². The number of benzene rings is 2. The van der Waals surface area contributed by atoms with Crippen LogP contribution in [-0.4, -0.2) is 47.7 Å². The first kappa shape index (κ1) is 19.3. The van der Waals surface area contributed by atoms with Crippen LogP contribution in [0.25, 0.3) is 0 Å². The number of hydrogen-bond donors (Lipinski definition) is 0. The van der Waals surface area contributed by atoms with E-state index in [9.17, 15) is 9.59 Å². The van der Waals surface area contributed by atoms with Gasteiger partial charge < -0.3 is 4.90 Å². The minimum absolute atomic E-state index is 0.0497. The molecule has 1 saturated heterocycles. The Morgan fingerprint density at radius 3 is 2.11 bits per heavy atom. The standard InChI is InChI=1S/C23H28N2O2/c1-2-19-8-10-21(11-9-19)22(26)12-13-23(27)25-16-14-24(15-17-25)18-20-6-4-3-5-7-20/h3-11H,2,12-18H2,1H3. The molecule has 4 heteroatoms. The number of ketones is 1. The van der Waals surface area contributed by atoms with E-state index < -0.39 is 0 Å². The number of piperazine rings is 1. The normalized spacial score (nSPS) is 14.9. The van der Waals surface area contributed by atoms with Crippen LogP contribution in [0.5, 0.6) is 0 Å². The summed E-state index contributed by atoms with van der Waals surface area (Å²) in [6, 6.07) is 18.1. The molecule has 142 valence electrons. The summed E-state index contributed by atoms with van der Waals surface area (Å²) in [6.45, 7) is 6.26. The molecule has 1 aliphatic heterocycles. The van der Waals surface area contributed by atoms with Crippen molar-refractivity contribution < 1.29 is 9.59 Å². The van der Waals surface area contributed by atoms with Crippen molar-refractivity contribution in [3.05, 3.63) is 71.3 Å². The molecule has 1 fully saturated rings. The molecule has 0 spiro atoms. The summed E-state index contributed by atoms with van der Waals surface area (Å²) >= 11 is 0. The van der Waals surface area contributed by atoms with Gasteiger partial charge in [0, 0.05) is 51.1 Å². The Morgan fingerprint density at radius 2 is 1.48 bits per heavy atom. The van der Waals surface area contributed by atoms with E-state index in [4.69, 9.17) is 0 Å². The fraction of sp³-hybridized carbons (Fsp3) is 0.391. The highest BCUT2D eigenvalue weighted by Crippen LogP contribution is 2.12. The second-order valence-corrected chi connectivity index (χ2v) is 7.12. The predicted octanol–water partition coefficient (Wildman–Crippen LogP) is 3.56. The Morgan fingerprint density at radius 1 is 0.815 bits per heavy atom. The first-order chi connectivity index (χ1) is 13.2. The molecule has 1 amide bonds. The van der Waals surface area contributed by atoms with Crippen LogP contribution in [0.1, 0.15) is 41.3 Å². The van der Waals surface area contributed by atoms with E-state index >= 15 is 0 Å². The van der Waals surface area contributed by atoms with Crippen LogP contribution in [0.15, 0.2) is 54.6 Å². The van der Waals surface area contributed by atoms with Gasteiger partial charge in [0.2, 0.25) is 5.91 Å². The lowest BCUT2D eigenvalue weighted by molar-refractivity contribution is -0.132. The molecule has 0 aliphatic carbocycles. The summed E-state index contributed by atoms with van der Waals surface area (Å²) in [5.41, 5.74) is 3.22. The van der Waals surface area contributed by atoms with Gasteiger partial charge in [-0.05, 0) is 17.5 Å². The third-order valence-electron chi connectivity index (χ3n) is 5.22. The van der Waals surface area contributed by atoms with Crippen molar-refractivity contribution in [2.45, 2.75) is 32.7 Å². The largest absolute Gasteiger partial charge is 0.340 e. The Bertz CT molecular complexity index is 748. The highest BCUT2D eigenvalue weighted by molar-refractivity contribution is 5.98. The van der Waals surface area contributed by atoms with Crippen LogP contribution >= 0.6 is 0 Å². The van der Waals surface area contributed by atoms with Gasteiger partial charge in [0.05, 0.1) is 0 Å². The molecule has 0 saturated carbocycles. The smallest absolute Gasteiger partial charge is 0.223 e. The number of Topliss-reactive ketones (excluding diaryl/α,β-unsaturated/α-hetero) is 1. The molecule has 1 heterocycles. The summed E-state index contributed by atoms with van der Waals surface area (Å²) in [5.74, 6) is 0.140. The minimum Gasteiger partial charge on any atom is -0.340 e. The Hall–Kier alpha value is -2.46. The maximum Gasteiger partial charge on any atom is 0.223 e. The van der Waals surface area contributed by atoms with Gasteiger partial charge in [-0.3, -0.25) is 14.5 Å². The minimum atomic E-state index is 0.0497. The Balaban J connectivity index is 1.42. The number of nitrogens with zero attached hydrogens (tertiary/aromatic N) is 2. The van der Waals surface area contributed by atoms with E-state index in [0.29, 0.717) is 12.0 Å². The highest BCUT2D eigenvalue weighted by Gasteiger charge is 2.21. The molecule has 1 aliphatic rings. The molecular formula is C23H28N2O2. The van der Waals surface area contributed by atoms with Crippen LogP contribution in [0.2, 0.25) is 0 Å². The van der Waals surface area contributed by atoms with E-state index in [2.05, 4.69) is 36.1 Å². The van der Waals surface area contributed by atoms with Crippen molar-refractivity contribution in [2.75, 3.05) is 26.2 Å². The van der Waals surface area contributed by atoms with Gasteiger partial charge in [-0.25, -0.2) is 0 Å². The van der Waals surface area contributed by atoms with E-state index in [0.717, 1.165) is 39.1 Å². The lowest BCUT2D eigenvalue weighted by atomic mass is 10.0. The van der Waals surface area contributed by atoms with Crippen LogP contribution in [0, 0.1) is 0 Å². The maximum absolute atomic E-state index is 12.5. The summed E-state index contributed by atoms with van der Waals surface area (Å²) in [5, 5.41) is 0. The van der Waals surface area contributed by atoms with E-state index in [1.165, 1.54) is 11.1 Å². The quantitative estimate of drug-likeness (QED) is 0.706. The fourth-order valence-electron chi connectivity index (χ4n) is 3.45. The van der Waals surface area contributed by atoms with Crippen LogP contribution in [0.3, 0.4) is 0 Å². The molecule has 4 nitrogen and oxygen atoms in total. The zero-order valence-electron chi connectivity index (χ0n) is 16.1. The van der Waals surface area contributed by atoms with Crippen molar-refractivity contribution in [2.24, 2.45) is 0 Å². The molecule has 2 aromatic rings. The molecule has 2 aromatic carbocycles. The molecule has 0 aromatic heterocycles. The lowest BCUT2D eigenvalue weighted by Crippen LogP contribution is -2.48. The summed E-state index contributed by atoms with van der Waals surface area (Å²) in [6.07, 6.45) is 1.55. The Kier molecular flexibility index (Phi) is 6.77. The molecule has 0 unspecified atom stereocenters. The van der Waals surface area contributed by atoms with E-state index in [1.807, 2.05) is 35.2 Å². The molecule has 27 heavy (non-hydrogen) atoms. The topological polar surface area (TPSA) is 40.6 Å². The number of carbonyl (C=O) groups excluding carboxylic acids is 2. The van der Waals surface area contributed by atoms with Crippen molar-refractivity contribution in [1.29, 1.82) is 0 Å². The van der Waals surface area contributed by atoms with Crippen molar-refractivity contribution in [1.82, 2.24) is 9.80 Å². The van der Waals surface area contributed by atoms with Gasteiger partial charge in [0.1, 0.15) is 0 Å². The molecule has 0 N–H and O–H groups in total. The van der Waals surface area contributed by atoms with E-state index in [1.54, 1.807) is 0 Å². The summed E-state index contributed by atoms with van der Waals surface area (Å²) < 4.78 is 0. The first-order valence-corrected chi connectivity index (χ1v) is 9.82. The van der Waals surface area contributed by atoms with Gasteiger partial charge in [0.15, 0.2) is 5.78 Å². The number of aryl methyl sites for hydroxylation is 1. The number of rotatable bonds is 7. The third-order valence-corrected chi connectivity index (χ3v) is 5.22. The average Bonchev–Trinajstić information content (AvgIpc) is 2.73. The second-order valence-electron chi connectivity index (χ2n) is 7.12. The predicted molar refractivity (Wildman–Crippen MR) is 108 cm³/mol. The van der Waals surface area contributed by atoms with Gasteiger partial charge >= 0.3 is 0 Å². The number of hydrogen-bond acceptors (Lipinski definition) is 3. The van der Waals surface area contributed by atoms with E-state index in [-0.39, 0.29) is 18.1 Å². The Labute approximate surface area is 161 Å². The average molecular weight is 364 g/mol. The van der Waals surface area contributed by atoms with Crippen LogP contribution < -0.4 is 0 Å². The zero-order chi connectivity index (χ0) is 19.1. The van der Waals surface area contributed by atoms with Crippen LogP contribution in [-0.2, 0) is 17.8 Å².